The molecule has 2 rings (SSSR count). The number of aliphatic hydroxyl groups is 1. The minimum absolute atomic E-state index is 0.294. The van der Waals surface area contributed by atoms with Crippen LogP contribution in [-0.2, 0) is 13.1 Å². The maximum Gasteiger partial charge on any atom is 0.147 e. The summed E-state index contributed by atoms with van der Waals surface area (Å²) in [5.41, 5.74) is 0. The van der Waals surface area contributed by atoms with Crippen molar-refractivity contribution in [3.63, 3.8) is 0 Å². The monoisotopic (exact) mass is 252 g/mol. The number of nitrogens with zero attached hydrogens (tertiary/aromatic N) is 4. The molecular weight excluding hydrogens is 228 g/mol. The molecule has 0 aromatic carbocycles. The van der Waals surface area contributed by atoms with Gasteiger partial charge in [0.1, 0.15) is 11.6 Å². The Morgan fingerprint density at radius 2 is 2.11 bits per heavy atom. The van der Waals surface area contributed by atoms with Gasteiger partial charge in [-0.25, -0.2) is 0 Å². The predicted molar refractivity (Wildman–Crippen MR) is 70.2 cm³/mol. The van der Waals surface area contributed by atoms with Gasteiger partial charge in [-0.15, -0.1) is 10.2 Å². The second kappa shape index (κ2) is 6.29. The molecule has 1 aliphatic carbocycles. The van der Waals surface area contributed by atoms with Crippen LogP contribution < -0.4 is 0 Å². The van der Waals surface area contributed by atoms with Gasteiger partial charge in [0.15, 0.2) is 0 Å². The molecule has 1 aromatic rings. The van der Waals surface area contributed by atoms with E-state index in [4.69, 9.17) is 5.11 Å². The highest BCUT2D eigenvalue weighted by atomic mass is 16.2. The SMILES string of the molecule is CCn1c(C)nnc1CN(CCCCO)C1CC1. The Balaban J connectivity index is 1.95. The van der Waals surface area contributed by atoms with Gasteiger partial charge >= 0.3 is 0 Å². The first-order valence-electron chi connectivity index (χ1n) is 6.99. The van der Waals surface area contributed by atoms with Crippen molar-refractivity contribution in [3.05, 3.63) is 11.6 Å². The smallest absolute Gasteiger partial charge is 0.147 e. The molecule has 5 nitrogen and oxygen atoms in total. The Morgan fingerprint density at radius 3 is 2.72 bits per heavy atom. The first-order valence-corrected chi connectivity index (χ1v) is 6.99. The Hall–Kier alpha value is -0.940. The lowest BCUT2D eigenvalue weighted by atomic mass is 10.3. The van der Waals surface area contributed by atoms with Gasteiger partial charge in [0.2, 0.25) is 0 Å². The minimum Gasteiger partial charge on any atom is -0.396 e. The lowest BCUT2D eigenvalue weighted by Gasteiger charge is -2.21. The third-order valence-electron chi connectivity index (χ3n) is 3.59. The van der Waals surface area contributed by atoms with Crippen molar-refractivity contribution in [2.24, 2.45) is 0 Å². The second-order valence-corrected chi connectivity index (χ2v) is 5.04. The Labute approximate surface area is 109 Å². The van der Waals surface area contributed by atoms with Gasteiger partial charge in [-0.1, -0.05) is 0 Å². The summed E-state index contributed by atoms with van der Waals surface area (Å²) in [4.78, 5) is 2.49. The molecular formula is C13H24N4O. The summed E-state index contributed by atoms with van der Waals surface area (Å²) in [6.07, 6.45) is 4.56. The zero-order valence-electron chi connectivity index (χ0n) is 11.5. The molecule has 18 heavy (non-hydrogen) atoms. The molecule has 0 radical (unpaired) electrons. The molecule has 0 saturated heterocycles. The zero-order valence-corrected chi connectivity index (χ0v) is 11.5. The number of aromatic nitrogens is 3. The molecule has 5 heteroatoms. The van der Waals surface area contributed by atoms with Crippen molar-refractivity contribution in [3.8, 4) is 0 Å². The van der Waals surface area contributed by atoms with Gasteiger partial charge < -0.3 is 9.67 Å². The van der Waals surface area contributed by atoms with Crippen LogP contribution in [0.15, 0.2) is 0 Å². The van der Waals surface area contributed by atoms with Gasteiger partial charge in [0.05, 0.1) is 6.54 Å². The highest BCUT2D eigenvalue weighted by Crippen LogP contribution is 2.28. The van der Waals surface area contributed by atoms with Crippen LogP contribution in [-0.4, -0.2) is 44.0 Å². The fraction of sp³-hybridized carbons (Fsp3) is 0.846. The van der Waals surface area contributed by atoms with Gasteiger partial charge in [0, 0.05) is 19.2 Å². The van der Waals surface area contributed by atoms with E-state index >= 15 is 0 Å². The summed E-state index contributed by atoms with van der Waals surface area (Å²) in [6.45, 7) is 7.32. The van der Waals surface area contributed by atoms with E-state index in [2.05, 4.69) is 26.6 Å². The molecule has 0 bridgehead atoms. The number of hydrogen-bond acceptors (Lipinski definition) is 4. The second-order valence-electron chi connectivity index (χ2n) is 5.04. The normalized spacial score (nSPS) is 15.6. The fourth-order valence-corrected chi connectivity index (χ4v) is 2.39. The number of unbranched alkanes of at least 4 members (excludes halogenated alkanes) is 1. The van der Waals surface area contributed by atoms with Crippen LogP contribution in [0.2, 0.25) is 0 Å². The van der Waals surface area contributed by atoms with Gasteiger partial charge in [-0.2, -0.15) is 0 Å². The number of hydrogen-bond donors (Lipinski definition) is 1. The maximum atomic E-state index is 8.86. The molecule has 1 saturated carbocycles. The highest BCUT2D eigenvalue weighted by Gasteiger charge is 2.29. The Morgan fingerprint density at radius 1 is 1.33 bits per heavy atom. The molecule has 1 aliphatic rings. The van der Waals surface area contributed by atoms with Crippen molar-refractivity contribution in [1.82, 2.24) is 19.7 Å². The van der Waals surface area contributed by atoms with Crippen LogP contribution in [0.3, 0.4) is 0 Å². The molecule has 1 fully saturated rings. The minimum atomic E-state index is 0.294. The standard InChI is InChI=1S/C13H24N4O/c1-3-17-11(2)14-15-13(17)10-16(12-6-7-12)8-4-5-9-18/h12,18H,3-10H2,1-2H3. The third kappa shape index (κ3) is 3.29. The first kappa shape index (κ1) is 13.5. The molecule has 1 heterocycles. The quantitative estimate of drug-likeness (QED) is 0.709. The van der Waals surface area contributed by atoms with Crippen LogP contribution >= 0.6 is 0 Å². The van der Waals surface area contributed by atoms with Crippen molar-refractivity contribution >= 4 is 0 Å². The Bertz CT molecular complexity index is 373. The lowest BCUT2D eigenvalue weighted by molar-refractivity contribution is 0.222. The van der Waals surface area contributed by atoms with E-state index in [1.54, 1.807) is 0 Å². The van der Waals surface area contributed by atoms with Crippen LogP contribution in [0.25, 0.3) is 0 Å². The van der Waals surface area contributed by atoms with Crippen LogP contribution in [0.1, 0.15) is 44.3 Å². The van der Waals surface area contributed by atoms with Crippen molar-refractivity contribution in [2.45, 2.75) is 58.7 Å². The maximum absolute atomic E-state index is 8.86. The largest absolute Gasteiger partial charge is 0.396 e. The summed E-state index contributed by atoms with van der Waals surface area (Å²) >= 11 is 0. The van der Waals surface area contributed by atoms with E-state index in [-0.39, 0.29) is 0 Å². The highest BCUT2D eigenvalue weighted by molar-refractivity contribution is 4.96. The third-order valence-corrected chi connectivity index (χ3v) is 3.59. The van der Waals surface area contributed by atoms with Crippen molar-refractivity contribution in [2.75, 3.05) is 13.2 Å². The van der Waals surface area contributed by atoms with E-state index in [1.165, 1.54) is 12.8 Å². The molecule has 1 aromatic heterocycles. The zero-order chi connectivity index (χ0) is 13.0. The number of rotatable bonds is 8. The predicted octanol–water partition coefficient (Wildman–Crippen LogP) is 1.34. The van der Waals surface area contributed by atoms with E-state index in [1.807, 2.05) is 6.92 Å². The van der Waals surface area contributed by atoms with E-state index in [9.17, 15) is 0 Å². The summed E-state index contributed by atoms with van der Waals surface area (Å²) < 4.78 is 2.18. The lowest BCUT2D eigenvalue weighted by Crippen LogP contribution is -2.28. The van der Waals surface area contributed by atoms with Gasteiger partial charge in [0.25, 0.3) is 0 Å². The van der Waals surface area contributed by atoms with Crippen LogP contribution in [0.5, 0.6) is 0 Å². The summed E-state index contributed by atoms with van der Waals surface area (Å²) in [7, 11) is 0. The van der Waals surface area contributed by atoms with Crippen molar-refractivity contribution < 1.29 is 5.11 Å². The average molecular weight is 252 g/mol. The average Bonchev–Trinajstić information content (AvgIpc) is 3.14. The number of aliphatic hydroxyl groups excluding tert-OH is 1. The molecule has 0 spiro atoms. The topological polar surface area (TPSA) is 54.2 Å². The molecule has 0 aliphatic heterocycles. The van der Waals surface area contributed by atoms with Gasteiger partial charge in [-0.3, -0.25) is 4.90 Å². The van der Waals surface area contributed by atoms with E-state index in [0.717, 1.165) is 50.2 Å². The number of aryl methyl sites for hydroxylation is 1. The molecule has 0 unspecified atom stereocenters. The van der Waals surface area contributed by atoms with E-state index in [0.29, 0.717) is 6.61 Å². The van der Waals surface area contributed by atoms with Crippen LogP contribution in [0.4, 0.5) is 0 Å². The summed E-state index contributed by atoms with van der Waals surface area (Å²) in [6, 6.07) is 0.728. The molecule has 0 amide bonds. The van der Waals surface area contributed by atoms with Crippen molar-refractivity contribution in [1.29, 1.82) is 0 Å². The summed E-state index contributed by atoms with van der Waals surface area (Å²) in [5, 5.41) is 17.3. The first-order chi connectivity index (χ1) is 8.76. The molecule has 0 atom stereocenters. The summed E-state index contributed by atoms with van der Waals surface area (Å²) in [5.74, 6) is 2.07. The fourth-order valence-electron chi connectivity index (χ4n) is 2.39. The Kier molecular flexibility index (Phi) is 4.72. The van der Waals surface area contributed by atoms with Gasteiger partial charge in [-0.05, 0) is 46.1 Å². The molecule has 1 N–H and O–H groups in total. The molecule has 102 valence electrons. The van der Waals surface area contributed by atoms with Crippen LogP contribution in [0, 0.1) is 6.92 Å². The van der Waals surface area contributed by atoms with E-state index < -0.39 is 0 Å².